The second-order valence-electron chi connectivity index (χ2n) is 3.00. The lowest BCUT2D eigenvalue weighted by molar-refractivity contribution is -0.0535. The first kappa shape index (κ1) is 8.33. The van der Waals surface area contributed by atoms with Gasteiger partial charge in [-0.2, -0.15) is 0 Å². The Hall–Kier alpha value is -0.770. The van der Waals surface area contributed by atoms with E-state index in [0.717, 1.165) is 0 Å². The maximum absolute atomic E-state index is 10.7. The van der Waals surface area contributed by atoms with E-state index in [2.05, 4.69) is 0 Å². The van der Waals surface area contributed by atoms with E-state index in [-0.39, 0.29) is 18.2 Å². The first-order valence-corrected chi connectivity index (χ1v) is 3.79. The number of urea groups is 1. The van der Waals surface area contributed by atoms with Gasteiger partial charge in [-0.25, -0.2) is 4.79 Å². The van der Waals surface area contributed by atoms with Crippen LogP contribution in [0.3, 0.4) is 0 Å². The Bertz CT molecular complexity index is 151. The molecule has 64 valence electrons. The highest BCUT2D eigenvalue weighted by Crippen LogP contribution is 2.09. The molecule has 1 heterocycles. The molecule has 2 atom stereocenters. The van der Waals surface area contributed by atoms with Gasteiger partial charge in [-0.15, -0.1) is 0 Å². The van der Waals surface area contributed by atoms with Crippen LogP contribution in [0.5, 0.6) is 0 Å². The highest BCUT2D eigenvalue weighted by atomic mass is 16.5. The van der Waals surface area contributed by atoms with Crippen molar-refractivity contribution in [3.05, 3.63) is 0 Å². The van der Waals surface area contributed by atoms with Crippen LogP contribution in [-0.4, -0.2) is 36.2 Å². The molecule has 0 unspecified atom stereocenters. The quantitative estimate of drug-likeness (QED) is 0.546. The van der Waals surface area contributed by atoms with Gasteiger partial charge in [0.15, 0.2) is 0 Å². The Labute approximate surface area is 66.3 Å². The van der Waals surface area contributed by atoms with Crippen molar-refractivity contribution in [2.45, 2.75) is 26.1 Å². The SMILES string of the molecule is C[C@H]1CN(C(N)=O)C[C@H](C)O1. The zero-order valence-electron chi connectivity index (χ0n) is 6.91. The minimum atomic E-state index is -0.355. The Balaban J connectivity index is 2.49. The van der Waals surface area contributed by atoms with E-state index in [4.69, 9.17) is 10.5 Å². The van der Waals surface area contributed by atoms with Gasteiger partial charge >= 0.3 is 6.03 Å². The van der Waals surface area contributed by atoms with Crippen LogP contribution in [0, 0.1) is 0 Å². The molecule has 2 amide bonds. The molecule has 0 saturated carbocycles. The fourth-order valence-corrected chi connectivity index (χ4v) is 1.36. The van der Waals surface area contributed by atoms with Crippen LogP contribution >= 0.6 is 0 Å². The van der Waals surface area contributed by atoms with Crippen molar-refractivity contribution in [3.63, 3.8) is 0 Å². The molecule has 1 saturated heterocycles. The van der Waals surface area contributed by atoms with E-state index >= 15 is 0 Å². The average molecular weight is 158 g/mol. The summed E-state index contributed by atoms with van der Waals surface area (Å²) in [6.45, 7) is 5.09. The fourth-order valence-electron chi connectivity index (χ4n) is 1.36. The van der Waals surface area contributed by atoms with Crippen LogP contribution in [0.4, 0.5) is 4.79 Å². The number of carbonyl (C=O) groups excluding carboxylic acids is 1. The van der Waals surface area contributed by atoms with Gasteiger partial charge in [0.1, 0.15) is 0 Å². The Morgan fingerprint density at radius 2 is 1.91 bits per heavy atom. The molecular weight excluding hydrogens is 144 g/mol. The van der Waals surface area contributed by atoms with Crippen LogP contribution in [-0.2, 0) is 4.74 Å². The van der Waals surface area contributed by atoms with E-state index in [1.54, 1.807) is 4.90 Å². The summed E-state index contributed by atoms with van der Waals surface area (Å²) in [6.07, 6.45) is 0.206. The van der Waals surface area contributed by atoms with Crippen LogP contribution in [0.2, 0.25) is 0 Å². The van der Waals surface area contributed by atoms with Crippen LogP contribution in [0.25, 0.3) is 0 Å². The molecule has 0 aromatic rings. The summed E-state index contributed by atoms with van der Waals surface area (Å²) in [5.41, 5.74) is 5.12. The fraction of sp³-hybridized carbons (Fsp3) is 0.857. The second-order valence-corrected chi connectivity index (χ2v) is 3.00. The summed E-state index contributed by atoms with van der Waals surface area (Å²) >= 11 is 0. The topological polar surface area (TPSA) is 55.6 Å². The van der Waals surface area contributed by atoms with Crippen molar-refractivity contribution >= 4 is 6.03 Å². The smallest absolute Gasteiger partial charge is 0.314 e. The van der Waals surface area contributed by atoms with E-state index in [1.807, 2.05) is 13.8 Å². The van der Waals surface area contributed by atoms with Crippen LogP contribution in [0.15, 0.2) is 0 Å². The third-order valence-electron chi connectivity index (χ3n) is 1.73. The maximum atomic E-state index is 10.7. The molecule has 1 aliphatic rings. The summed E-state index contributed by atoms with van der Waals surface area (Å²) in [5, 5.41) is 0. The molecular formula is C7H14N2O2. The van der Waals surface area contributed by atoms with Crippen LogP contribution in [0.1, 0.15) is 13.8 Å². The maximum Gasteiger partial charge on any atom is 0.314 e. The standard InChI is InChI=1S/C7H14N2O2/c1-5-3-9(7(8)10)4-6(2)11-5/h5-6H,3-4H2,1-2H3,(H2,8,10)/t5-,6-/m0/s1. The minimum absolute atomic E-state index is 0.103. The number of carbonyl (C=O) groups is 1. The molecule has 0 aromatic carbocycles. The van der Waals surface area contributed by atoms with E-state index in [9.17, 15) is 4.79 Å². The number of nitrogens with two attached hydrogens (primary N) is 1. The van der Waals surface area contributed by atoms with Crippen LogP contribution < -0.4 is 5.73 Å². The van der Waals surface area contributed by atoms with Gasteiger partial charge in [0.25, 0.3) is 0 Å². The molecule has 11 heavy (non-hydrogen) atoms. The van der Waals surface area contributed by atoms with Crippen molar-refractivity contribution < 1.29 is 9.53 Å². The van der Waals surface area contributed by atoms with Crippen molar-refractivity contribution in [1.82, 2.24) is 4.90 Å². The van der Waals surface area contributed by atoms with E-state index < -0.39 is 0 Å². The van der Waals surface area contributed by atoms with Gasteiger partial charge < -0.3 is 15.4 Å². The zero-order valence-corrected chi connectivity index (χ0v) is 6.91. The van der Waals surface area contributed by atoms with E-state index in [1.165, 1.54) is 0 Å². The second kappa shape index (κ2) is 3.09. The molecule has 0 aliphatic carbocycles. The Morgan fingerprint density at radius 3 is 2.27 bits per heavy atom. The predicted molar refractivity (Wildman–Crippen MR) is 41.2 cm³/mol. The molecule has 0 radical (unpaired) electrons. The lowest BCUT2D eigenvalue weighted by Gasteiger charge is -2.34. The Kier molecular flexibility index (Phi) is 2.34. The normalized spacial score (nSPS) is 32.0. The molecule has 4 heteroatoms. The summed E-state index contributed by atoms with van der Waals surface area (Å²) in [7, 11) is 0. The molecule has 1 aliphatic heterocycles. The third kappa shape index (κ3) is 2.08. The third-order valence-corrected chi connectivity index (χ3v) is 1.73. The number of hydrogen-bond acceptors (Lipinski definition) is 2. The summed E-state index contributed by atoms with van der Waals surface area (Å²) < 4.78 is 5.42. The van der Waals surface area contributed by atoms with Crippen molar-refractivity contribution in [2.24, 2.45) is 5.73 Å². The number of morpholine rings is 1. The first-order valence-electron chi connectivity index (χ1n) is 3.79. The monoisotopic (exact) mass is 158 g/mol. The molecule has 1 fully saturated rings. The van der Waals surface area contributed by atoms with Gasteiger partial charge in [-0.05, 0) is 13.8 Å². The summed E-state index contributed by atoms with van der Waals surface area (Å²) in [5.74, 6) is 0. The lowest BCUT2D eigenvalue weighted by Crippen LogP contribution is -2.50. The van der Waals surface area contributed by atoms with Gasteiger partial charge in [-0.1, -0.05) is 0 Å². The number of amides is 2. The zero-order chi connectivity index (χ0) is 8.43. The van der Waals surface area contributed by atoms with Gasteiger partial charge in [0.05, 0.1) is 12.2 Å². The molecule has 0 aromatic heterocycles. The number of nitrogens with zero attached hydrogens (tertiary/aromatic N) is 1. The first-order chi connectivity index (χ1) is 5.09. The summed E-state index contributed by atoms with van der Waals surface area (Å²) in [4.78, 5) is 12.3. The number of hydrogen-bond donors (Lipinski definition) is 1. The van der Waals surface area contributed by atoms with Crippen molar-refractivity contribution in [1.29, 1.82) is 0 Å². The Morgan fingerprint density at radius 1 is 1.45 bits per heavy atom. The number of rotatable bonds is 0. The average Bonchev–Trinajstić information content (AvgIpc) is 1.85. The molecule has 2 N–H and O–H groups in total. The number of ether oxygens (including phenoxy) is 1. The highest BCUT2D eigenvalue weighted by Gasteiger charge is 2.23. The highest BCUT2D eigenvalue weighted by molar-refractivity contribution is 5.72. The largest absolute Gasteiger partial charge is 0.372 e. The van der Waals surface area contributed by atoms with Crippen molar-refractivity contribution in [2.75, 3.05) is 13.1 Å². The lowest BCUT2D eigenvalue weighted by atomic mass is 10.2. The summed E-state index contributed by atoms with van der Waals surface area (Å²) in [6, 6.07) is -0.355. The molecule has 4 nitrogen and oxygen atoms in total. The van der Waals surface area contributed by atoms with E-state index in [0.29, 0.717) is 13.1 Å². The van der Waals surface area contributed by atoms with Gasteiger partial charge in [0.2, 0.25) is 0 Å². The van der Waals surface area contributed by atoms with Crippen molar-refractivity contribution in [3.8, 4) is 0 Å². The van der Waals surface area contributed by atoms with Gasteiger partial charge in [0, 0.05) is 13.1 Å². The van der Waals surface area contributed by atoms with Gasteiger partial charge in [-0.3, -0.25) is 0 Å². The molecule has 0 bridgehead atoms. The number of primary amides is 1. The molecule has 1 rings (SSSR count). The molecule has 0 spiro atoms. The predicted octanol–water partition coefficient (Wildman–Crippen LogP) is 0.174. The minimum Gasteiger partial charge on any atom is -0.372 e.